The smallest absolute Gasteiger partial charge is 0.136 e. The van der Waals surface area contributed by atoms with E-state index in [1.165, 1.54) is 0 Å². The zero-order chi connectivity index (χ0) is 9.80. The number of piperazine rings is 1. The molecule has 0 aromatic carbocycles. The summed E-state index contributed by atoms with van der Waals surface area (Å²) in [6.45, 7) is 4.69. The molecule has 80 valence electrons. The fourth-order valence-electron chi connectivity index (χ4n) is 2.12. The molecule has 0 atom stereocenters. The van der Waals surface area contributed by atoms with E-state index in [4.69, 9.17) is 10.6 Å². The van der Waals surface area contributed by atoms with E-state index in [0.29, 0.717) is 6.04 Å². The summed E-state index contributed by atoms with van der Waals surface area (Å²) in [7, 11) is 0. The molecule has 2 aliphatic rings. The SMILES string of the molecule is N/N=C1/CN(C2CCOCC2)CCN1. The van der Waals surface area contributed by atoms with Crippen molar-refractivity contribution in [2.24, 2.45) is 10.9 Å². The zero-order valence-electron chi connectivity index (χ0n) is 8.41. The van der Waals surface area contributed by atoms with Crippen LogP contribution in [0.5, 0.6) is 0 Å². The number of rotatable bonds is 1. The molecular weight excluding hydrogens is 180 g/mol. The van der Waals surface area contributed by atoms with Crippen LogP contribution in [0.1, 0.15) is 12.8 Å². The normalized spacial score (nSPS) is 29.0. The molecule has 0 aromatic heterocycles. The van der Waals surface area contributed by atoms with Gasteiger partial charge in [0.2, 0.25) is 0 Å². The van der Waals surface area contributed by atoms with Crippen molar-refractivity contribution < 1.29 is 4.74 Å². The van der Waals surface area contributed by atoms with Gasteiger partial charge in [-0.25, -0.2) is 0 Å². The highest BCUT2D eigenvalue weighted by Gasteiger charge is 2.24. The molecule has 0 saturated carbocycles. The van der Waals surface area contributed by atoms with Crippen LogP contribution in [0, 0.1) is 0 Å². The fourth-order valence-corrected chi connectivity index (χ4v) is 2.12. The van der Waals surface area contributed by atoms with Gasteiger partial charge in [0.15, 0.2) is 0 Å². The Kier molecular flexibility index (Phi) is 3.21. The Hall–Kier alpha value is -0.810. The third-order valence-electron chi connectivity index (χ3n) is 2.94. The van der Waals surface area contributed by atoms with E-state index >= 15 is 0 Å². The van der Waals surface area contributed by atoms with Crippen molar-refractivity contribution in [1.29, 1.82) is 0 Å². The van der Waals surface area contributed by atoms with Crippen LogP contribution < -0.4 is 11.2 Å². The number of hydrazone groups is 1. The summed E-state index contributed by atoms with van der Waals surface area (Å²) in [6, 6.07) is 0.655. The van der Waals surface area contributed by atoms with Gasteiger partial charge in [0.1, 0.15) is 5.84 Å². The van der Waals surface area contributed by atoms with Crippen LogP contribution in [0.2, 0.25) is 0 Å². The summed E-state index contributed by atoms with van der Waals surface area (Å²) in [6.07, 6.45) is 2.27. The van der Waals surface area contributed by atoms with Crippen LogP contribution in [0.15, 0.2) is 5.10 Å². The lowest BCUT2D eigenvalue weighted by Crippen LogP contribution is -2.53. The lowest BCUT2D eigenvalue weighted by atomic mass is 10.1. The molecule has 2 saturated heterocycles. The first-order chi connectivity index (χ1) is 6.90. The molecule has 2 aliphatic heterocycles. The Morgan fingerprint density at radius 2 is 2.21 bits per heavy atom. The zero-order valence-corrected chi connectivity index (χ0v) is 8.41. The Bertz CT molecular complexity index is 213. The van der Waals surface area contributed by atoms with Gasteiger partial charge in [-0.3, -0.25) is 4.90 Å². The van der Waals surface area contributed by atoms with Crippen molar-refractivity contribution >= 4 is 5.84 Å². The average Bonchev–Trinajstić information content (AvgIpc) is 2.30. The van der Waals surface area contributed by atoms with E-state index in [1.807, 2.05) is 0 Å². The van der Waals surface area contributed by atoms with Crippen LogP contribution >= 0.6 is 0 Å². The third kappa shape index (κ3) is 2.16. The molecule has 0 radical (unpaired) electrons. The summed E-state index contributed by atoms with van der Waals surface area (Å²) in [5.74, 6) is 6.17. The maximum Gasteiger partial charge on any atom is 0.136 e. The van der Waals surface area contributed by atoms with Crippen molar-refractivity contribution in [3.05, 3.63) is 0 Å². The molecular formula is C9H18N4O. The monoisotopic (exact) mass is 198 g/mol. The quantitative estimate of drug-likeness (QED) is 0.434. The first-order valence-electron chi connectivity index (χ1n) is 5.22. The van der Waals surface area contributed by atoms with Crippen LogP contribution in [-0.4, -0.2) is 49.6 Å². The molecule has 0 unspecified atom stereocenters. The van der Waals surface area contributed by atoms with Gasteiger partial charge >= 0.3 is 0 Å². The Labute approximate surface area is 84.3 Å². The fraction of sp³-hybridized carbons (Fsp3) is 0.889. The van der Waals surface area contributed by atoms with Gasteiger partial charge in [-0.05, 0) is 12.8 Å². The van der Waals surface area contributed by atoms with Gasteiger partial charge in [-0.2, -0.15) is 5.10 Å². The Morgan fingerprint density at radius 1 is 1.43 bits per heavy atom. The predicted octanol–water partition coefficient (Wildman–Crippen LogP) is -0.657. The summed E-state index contributed by atoms with van der Waals surface area (Å²) in [5.41, 5.74) is 0. The van der Waals surface area contributed by atoms with Crippen LogP contribution in [-0.2, 0) is 4.74 Å². The maximum absolute atomic E-state index is 5.35. The number of amidine groups is 1. The minimum absolute atomic E-state index is 0.655. The number of hydrogen-bond donors (Lipinski definition) is 2. The molecule has 0 bridgehead atoms. The molecule has 14 heavy (non-hydrogen) atoms. The first-order valence-corrected chi connectivity index (χ1v) is 5.22. The Balaban J connectivity index is 1.89. The topological polar surface area (TPSA) is 62.9 Å². The predicted molar refractivity (Wildman–Crippen MR) is 55.0 cm³/mol. The summed E-state index contributed by atoms with van der Waals surface area (Å²) >= 11 is 0. The number of ether oxygens (including phenoxy) is 1. The summed E-state index contributed by atoms with van der Waals surface area (Å²) in [4.78, 5) is 2.45. The van der Waals surface area contributed by atoms with Crippen molar-refractivity contribution in [2.75, 3.05) is 32.8 Å². The molecule has 2 rings (SSSR count). The molecule has 0 amide bonds. The second-order valence-corrected chi connectivity index (χ2v) is 3.82. The largest absolute Gasteiger partial charge is 0.381 e. The first kappa shape index (κ1) is 9.73. The van der Waals surface area contributed by atoms with Gasteiger partial charge in [0.25, 0.3) is 0 Å². The van der Waals surface area contributed by atoms with Crippen LogP contribution in [0.4, 0.5) is 0 Å². The summed E-state index contributed by atoms with van der Waals surface area (Å²) < 4.78 is 5.35. The van der Waals surface area contributed by atoms with E-state index in [9.17, 15) is 0 Å². The molecule has 0 aliphatic carbocycles. The Morgan fingerprint density at radius 3 is 2.93 bits per heavy atom. The number of nitrogens with two attached hydrogens (primary N) is 1. The minimum Gasteiger partial charge on any atom is -0.381 e. The highest BCUT2D eigenvalue weighted by atomic mass is 16.5. The molecule has 5 nitrogen and oxygen atoms in total. The van der Waals surface area contributed by atoms with Gasteiger partial charge in [0, 0.05) is 32.3 Å². The van der Waals surface area contributed by atoms with Gasteiger partial charge < -0.3 is 15.9 Å². The van der Waals surface area contributed by atoms with E-state index in [2.05, 4.69) is 15.3 Å². The highest BCUT2D eigenvalue weighted by Crippen LogP contribution is 2.14. The van der Waals surface area contributed by atoms with Crippen molar-refractivity contribution in [2.45, 2.75) is 18.9 Å². The number of nitrogens with one attached hydrogen (secondary N) is 1. The molecule has 0 spiro atoms. The van der Waals surface area contributed by atoms with E-state index < -0.39 is 0 Å². The van der Waals surface area contributed by atoms with E-state index in [-0.39, 0.29) is 0 Å². The summed E-state index contributed by atoms with van der Waals surface area (Å²) in [5, 5.41) is 6.92. The average molecular weight is 198 g/mol. The highest BCUT2D eigenvalue weighted by molar-refractivity contribution is 5.84. The lowest BCUT2D eigenvalue weighted by molar-refractivity contribution is 0.0378. The maximum atomic E-state index is 5.35. The third-order valence-corrected chi connectivity index (χ3v) is 2.94. The number of nitrogens with zero attached hydrogens (tertiary/aromatic N) is 2. The van der Waals surface area contributed by atoms with E-state index in [1.54, 1.807) is 0 Å². The van der Waals surface area contributed by atoms with Crippen molar-refractivity contribution in [3.63, 3.8) is 0 Å². The molecule has 2 heterocycles. The second-order valence-electron chi connectivity index (χ2n) is 3.82. The van der Waals surface area contributed by atoms with Gasteiger partial charge in [-0.1, -0.05) is 0 Å². The molecule has 2 fully saturated rings. The van der Waals surface area contributed by atoms with Crippen LogP contribution in [0.3, 0.4) is 0 Å². The standard InChI is InChI=1S/C9H18N4O/c10-12-9-7-13(4-3-11-9)8-1-5-14-6-2-8/h8H,1-7,10H2,(H,11,12). The van der Waals surface area contributed by atoms with Crippen LogP contribution in [0.25, 0.3) is 0 Å². The second kappa shape index (κ2) is 4.61. The van der Waals surface area contributed by atoms with Gasteiger partial charge in [-0.15, -0.1) is 0 Å². The minimum atomic E-state index is 0.655. The number of hydrogen-bond acceptors (Lipinski definition) is 4. The van der Waals surface area contributed by atoms with Gasteiger partial charge in [0.05, 0.1) is 6.54 Å². The van der Waals surface area contributed by atoms with Crippen molar-refractivity contribution in [1.82, 2.24) is 10.2 Å². The lowest BCUT2D eigenvalue weighted by Gasteiger charge is -2.37. The van der Waals surface area contributed by atoms with E-state index in [0.717, 1.165) is 51.5 Å². The molecule has 3 N–H and O–H groups in total. The molecule has 5 heteroatoms. The molecule has 0 aromatic rings. The van der Waals surface area contributed by atoms with Crippen molar-refractivity contribution in [3.8, 4) is 0 Å².